The van der Waals surface area contributed by atoms with Crippen molar-refractivity contribution in [2.75, 3.05) is 13.1 Å². The molecule has 0 atom stereocenters. The average molecular weight is 355 g/mol. The van der Waals surface area contributed by atoms with E-state index in [0.29, 0.717) is 5.41 Å². The molecule has 2 saturated heterocycles. The molecule has 1 aliphatic carbocycles. The van der Waals surface area contributed by atoms with E-state index in [1.165, 1.54) is 12.8 Å². The molecule has 0 N–H and O–H groups in total. The fraction of sp³-hybridized carbons (Fsp3) is 0.667. The Bertz CT molecular complexity index is 713. The number of nitrogens with zero attached hydrogens (tertiary/aromatic N) is 1. The topological polar surface area (TPSA) is 38.8 Å². The van der Waals surface area contributed by atoms with Gasteiger partial charge in [-0.25, -0.2) is 0 Å². The molecule has 0 bridgehead atoms. The molecule has 1 saturated carbocycles. The summed E-state index contributed by atoms with van der Waals surface area (Å²) in [7, 11) is -0.428. The molecule has 2 aliphatic heterocycles. The van der Waals surface area contributed by atoms with Crippen molar-refractivity contribution >= 4 is 18.5 Å². The van der Waals surface area contributed by atoms with Gasteiger partial charge in [0.25, 0.3) is 5.91 Å². The van der Waals surface area contributed by atoms with E-state index in [0.717, 1.165) is 42.5 Å². The number of carbonyl (C=O) groups excluding carboxylic acids is 1. The first kappa shape index (κ1) is 18.1. The molecule has 1 spiro atoms. The number of aryl methyl sites for hydroxylation is 1. The lowest BCUT2D eigenvalue weighted by Gasteiger charge is -2.32. The van der Waals surface area contributed by atoms with Crippen LogP contribution in [0.5, 0.6) is 0 Å². The van der Waals surface area contributed by atoms with E-state index < -0.39 is 7.12 Å². The van der Waals surface area contributed by atoms with Crippen LogP contribution >= 0.6 is 0 Å². The van der Waals surface area contributed by atoms with Crippen molar-refractivity contribution in [2.45, 2.75) is 71.5 Å². The molecule has 0 unspecified atom stereocenters. The van der Waals surface area contributed by atoms with Gasteiger partial charge in [0, 0.05) is 18.7 Å². The molecule has 140 valence electrons. The Kier molecular flexibility index (Phi) is 4.05. The molecule has 4 rings (SSSR count). The minimum absolute atomic E-state index is 0.141. The van der Waals surface area contributed by atoms with Gasteiger partial charge < -0.3 is 14.2 Å². The third-order valence-electron chi connectivity index (χ3n) is 6.94. The molecule has 0 aromatic heterocycles. The van der Waals surface area contributed by atoms with Crippen molar-refractivity contribution in [1.82, 2.24) is 4.90 Å². The molecule has 0 radical (unpaired) electrons. The zero-order valence-corrected chi connectivity index (χ0v) is 16.7. The van der Waals surface area contributed by atoms with Gasteiger partial charge in [-0.05, 0) is 83.3 Å². The van der Waals surface area contributed by atoms with E-state index in [9.17, 15) is 4.79 Å². The predicted molar refractivity (Wildman–Crippen MR) is 104 cm³/mol. The summed E-state index contributed by atoms with van der Waals surface area (Å²) in [6.07, 6.45) is 5.03. The van der Waals surface area contributed by atoms with Crippen LogP contribution in [0, 0.1) is 12.3 Å². The Morgan fingerprint density at radius 2 is 1.54 bits per heavy atom. The largest absolute Gasteiger partial charge is 0.494 e. The monoisotopic (exact) mass is 355 g/mol. The van der Waals surface area contributed by atoms with Crippen molar-refractivity contribution in [2.24, 2.45) is 5.41 Å². The van der Waals surface area contributed by atoms with E-state index >= 15 is 0 Å². The second-order valence-corrected chi connectivity index (χ2v) is 9.51. The Hall–Kier alpha value is -1.33. The van der Waals surface area contributed by atoms with Gasteiger partial charge in [0.15, 0.2) is 0 Å². The molecule has 3 fully saturated rings. The first-order chi connectivity index (χ1) is 12.1. The van der Waals surface area contributed by atoms with E-state index in [4.69, 9.17) is 9.31 Å². The Labute approximate surface area is 157 Å². The number of hydrogen-bond acceptors (Lipinski definition) is 3. The minimum atomic E-state index is -0.428. The summed E-state index contributed by atoms with van der Waals surface area (Å²) in [6, 6.07) is 6.01. The van der Waals surface area contributed by atoms with Crippen molar-refractivity contribution < 1.29 is 14.1 Å². The van der Waals surface area contributed by atoms with Crippen molar-refractivity contribution in [3.05, 3.63) is 29.3 Å². The first-order valence-corrected chi connectivity index (χ1v) is 9.87. The van der Waals surface area contributed by atoms with Crippen LogP contribution in [0.3, 0.4) is 0 Å². The number of benzene rings is 1. The van der Waals surface area contributed by atoms with Gasteiger partial charge in [-0.3, -0.25) is 4.79 Å². The van der Waals surface area contributed by atoms with Crippen LogP contribution in [0.15, 0.2) is 18.2 Å². The number of hydrogen-bond donors (Lipinski definition) is 0. The summed E-state index contributed by atoms with van der Waals surface area (Å²) in [6.45, 7) is 12.0. The summed E-state index contributed by atoms with van der Waals surface area (Å²) in [5, 5.41) is 0. The molecule has 1 amide bonds. The van der Waals surface area contributed by atoms with Crippen molar-refractivity contribution in [3.63, 3.8) is 0 Å². The standard InChI is InChI=1S/C21H30BNO3/c1-15-12-16(18(24)23-10-8-21(6-7-21)9-11-23)14-17(13-15)22-25-19(2,3)20(4,5)26-22/h12-14H,6-11H2,1-5H3. The zero-order valence-electron chi connectivity index (χ0n) is 16.7. The van der Waals surface area contributed by atoms with Crippen LogP contribution in [-0.4, -0.2) is 42.2 Å². The lowest BCUT2D eigenvalue weighted by Crippen LogP contribution is -2.41. The van der Waals surface area contributed by atoms with Crippen molar-refractivity contribution in [1.29, 1.82) is 0 Å². The van der Waals surface area contributed by atoms with E-state index in [1.807, 2.05) is 24.0 Å². The average Bonchev–Trinajstić information content (AvgIpc) is 3.27. The number of amides is 1. The van der Waals surface area contributed by atoms with Crippen LogP contribution in [0.25, 0.3) is 0 Å². The van der Waals surface area contributed by atoms with Crippen LogP contribution < -0.4 is 5.46 Å². The quantitative estimate of drug-likeness (QED) is 0.764. The molecular weight excluding hydrogens is 325 g/mol. The second-order valence-electron chi connectivity index (χ2n) is 9.51. The minimum Gasteiger partial charge on any atom is -0.399 e. The smallest absolute Gasteiger partial charge is 0.399 e. The van der Waals surface area contributed by atoms with Gasteiger partial charge in [-0.2, -0.15) is 0 Å². The van der Waals surface area contributed by atoms with Crippen LogP contribution in [0.1, 0.15) is 69.3 Å². The molecule has 1 aromatic carbocycles. The lowest BCUT2D eigenvalue weighted by molar-refractivity contribution is 0.00578. The predicted octanol–water partition coefficient (Wildman–Crippen LogP) is 3.31. The highest BCUT2D eigenvalue weighted by atomic mass is 16.7. The van der Waals surface area contributed by atoms with Gasteiger partial charge >= 0.3 is 7.12 Å². The molecule has 1 aromatic rings. The molecule has 2 heterocycles. The highest BCUT2D eigenvalue weighted by Gasteiger charge is 2.52. The molecule has 4 nitrogen and oxygen atoms in total. The fourth-order valence-corrected chi connectivity index (χ4v) is 4.09. The van der Waals surface area contributed by atoms with E-state index in [2.05, 4.69) is 33.8 Å². The zero-order chi connectivity index (χ0) is 18.7. The van der Waals surface area contributed by atoms with Gasteiger partial charge in [0.05, 0.1) is 11.2 Å². The Morgan fingerprint density at radius 1 is 0.962 bits per heavy atom. The summed E-state index contributed by atoms with van der Waals surface area (Å²) in [5.41, 5.74) is 2.58. The van der Waals surface area contributed by atoms with Crippen LogP contribution in [0.2, 0.25) is 0 Å². The van der Waals surface area contributed by atoms with E-state index in [1.54, 1.807) is 0 Å². The van der Waals surface area contributed by atoms with E-state index in [-0.39, 0.29) is 17.1 Å². The van der Waals surface area contributed by atoms with Gasteiger partial charge in [-0.15, -0.1) is 0 Å². The number of piperidine rings is 1. The summed E-state index contributed by atoms with van der Waals surface area (Å²) < 4.78 is 12.3. The maximum atomic E-state index is 13.0. The number of carbonyl (C=O) groups is 1. The SMILES string of the molecule is Cc1cc(B2OC(C)(C)C(C)(C)O2)cc(C(=O)N2CCC3(CC2)CC3)c1. The maximum absolute atomic E-state index is 13.0. The second kappa shape index (κ2) is 5.83. The van der Waals surface area contributed by atoms with Gasteiger partial charge in [-0.1, -0.05) is 11.6 Å². The molecular formula is C21H30BNO3. The maximum Gasteiger partial charge on any atom is 0.494 e. The lowest BCUT2D eigenvalue weighted by atomic mass is 9.77. The molecule has 3 aliphatic rings. The first-order valence-electron chi connectivity index (χ1n) is 9.87. The van der Waals surface area contributed by atoms with Crippen molar-refractivity contribution in [3.8, 4) is 0 Å². The number of rotatable bonds is 2. The summed E-state index contributed by atoms with van der Waals surface area (Å²) in [4.78, 5) is 15.1. The Morgan fingerprint density at radius 3 is 2.08 bits per heavy atom. The number of likely N-dealkylation sites (tertiary alicyclic amines) is 1. The summed E-state index contributed by atoms with van der Waals surface area (Å²) in [5.74, 6) is 0.141. The third-order valence-corrected chi connectivity index (χ3v) is 6.94. The fourth-order valence-electron chi connectivity index (χ4n) is 4.09. The van der Waals surface area contributed by atoms with Crippen LogP contribution in [-0.2, 0) is 9.31 Å². The summed E-state index contributed by atoms with van der Waals surface area (Å²) >= 11 is 0. The third kappa shape index (κ3) is 3.09. The normalized spacial score (nSPS) is 25.6. The molecule has 5 heteroatoms. The highest BCUT2D eigenvalue weighted by molar-refractivity contribution is 6.62. The van der Waals surface area contributed by atoms with Gasteiger partial charge in [0.2, 0.25) is 0 Å². The Balaban J connectivity index is 1.54. The van der Waals surface area contributed by atoms with Crippen LogP contribution in [0.4, 0.5) is 0 Å². The highest BCUT2D eigenvalue weighted by Crippen LogP contribution is 2.53. The van der Waals surface area contributed by atoms with Gasteiger partial charge in [0.1, 0.15) is 0 Å². The molecule has 26 heavy (non-hydrogen) atoms.